The van der Waals surface area contributed by atoms with E-state index in [9.17, 15) is 4.79 Å². The van der Waals surface area contributed by atoms with Gasteiger partial charge in [0.15, 0.2) is 5.16 Å². The maximum atomic E-state index is 10.4. The zero-order chi connectivity index (χ0) is 9.15. The van der Waals surface area contributed by atoms with Crippen LogP contribution in [-0.4, -0.2) is 16.4 Å². The first kappa shape index (κ1) is 8.12. The molecule has 68 valence electrons. The lowest BCUT2D eigenvalue weighted by molar-refractivity contribution is -0.119. The van der Waals surface area contributed by atoms with Crippen molar-refractivity contribution in [3.05, 3.63) is 35.4 Å². The largest absolute Gasteiger partial charge is 0.402 e. The van der Waals surface area contributed by atoms with Crippen LogP contribution in [0.25, 0.3) is 0 Å². The van der Waals surface area contributed by atoms with Crippen LogP contribution in [0.1, 0.15) is 0 Å². The first-order valence-electron chi connectivity index (χ1n) is 3.67. The number of hydrogen-bond donors (Lipinski definition) is 1. The van der Waals surface area contributed by atoms with Crippen LogP contribution in [0.5, 0.6) is 0 Å². The van der Waals surface area contributed by atoms with Gasteiger partial charge < -0.3 is 9.17 Å². The van der Waals surface area contributed by atoms with E-state index in [0.717, 1.165) is 0 Å². The number of H-pyrrole nitrogens is 1. The summed E-state index contributed by atoms with van der Waals surface area (Å²) in [7, 11) is -1.74. The number of imidazole rings is 1. The van der Waals surface area contributed by atoms with Crippen LogP contribution in [0.4, 0.5) is 0 Å². The molecule has 5 heteroatoms. The van der Waals surface area contributed by atoms with Crippen molar-refractivity contribution in [3.8, 4) is 0 Å². The van der Waals surface area contributed by atoms with Crippen LogP contribution in [0.3, 0.4) is 0 Å². The van der Waals surface area contributed by atoms with Crippen LogP contribution < -0.4 is 0 Å². The van der Waals surface area contributed by atoms with Crippen LogP contribution in [0.2, 0.25) is 0 Å². The van der Waals surface area contributed by atoms with Crippen molar-refractivity contribution in [2.45, 2.75) is 5.16 Å². The van der Waals surface area contributed by atoms with E-state index in [1.807, 2.05) is 23.0 Å². The van der Waals surface area contributed by atoms with E-state index in [2.05, 4.69) is 9.97 Å². The minimum absolute atomic E-state index is 0.456. The normalized spacial score (nSPS) is 20.0. The van der Waals surface area contributed by atoms with Gasteiger partial charge >= 0.3 is 6.47 Å². The van der Waals surface area contributed by atoms with Crippen molar-refractivity contribution in [1.82, 2.24) is 9.97 Å². The highest BCUT2D eigenvalue weighted by atomic mass is 32.3. The molecule has 0 unspecified atom stereocenters. The number of carbonyl (C=O) groups is 1. The average Bonchev–Trinajstić information content (AvgIpc) is 2.73. The van der Waals surface area contributed by atoms with Crippen molar-refractivity contribution in [1.29, 1.82) is 0 Å². The fraction of sp³-hybridized carbons (Fsp3) is 0. The van der Waals surface area contributed by atoms with Gasteiger partial charge in [0.25, 0.3) is 0 Å². The Hall–Kier alpha value is -1.49. The van der Waals surface area contributed by atoms with Crippen molar-refractivity contribution in [3.63, 3.8) is 0 Å². The molecule has 0 aromatic carbocycles. The molecule has 0 fully saturated rings. The van der Waals surface area contributed by atoms with E-state index in [0.29, 0.717) is 11.6 Å². The molecule has 0 radical (unpaired) electrons. The molecule has 1 N–H and O–H groups in total. The van der Waals surface area contributed by atoms with E-state index < -0.39 is 10.3 Å². The summed E-state index contributed by atoms with van der Waals surface area (Å²) in [5, 5.41) is 4.38. The molecule has 4 nitrogen and oxygen atoms in total. The second-order valence-corrected chi connectivity index (χ2v) is 4.81. The number of nitrogens with one attached hydrogen (secondary N) is 1. The summed E-state index contributed by atoms with van der Waals surface area (Å²) in [5.41, 5.74) is 0. The Morgan fingerprint density at radius 3 is 2.77 bits per heavy atom. The highest BCUT2D eigenvalue weighted by molar-refractivity contribution is 8.34. The van der Waals surface area contributed by atoms with Crippen molar-refractivity contribution in [2.75, 3.05) is 0 Å². The monoisotopic (exact) mass is 196 g/mol. The number of aromatic amines is 1. The molecule has 0 saturated heterocycles. The zero-order valence-electron chi connectivity index (χ0n) is 6.71. The van der Waals surface area contributed by atoms with E-state index in [4.69, 9.17) is 4.18 Å². The fourth-order valence-corrected chi connectivity index (χ4v) is 2.92. The predicted octanol–water partition coefficient (Wildman–Crippen LogP) is 1.70. The van der Waals surface area contributed by atoms with E-state index in [-0.39, 0.29) is 0 Å². The molecular formula is C8H8N2O2S. The fourth-order valence-electron chi connectivity index (χ4n) is 1.10. The summed E-state index contributed by atoms with van der Waals surface area (Å²) in [6, 6.07) is 0. The topological polar surface area (TPSA) is 55.0 Å². The number of hydrogen-bond acceptors (Lipinski definition) is 3. The van der Waals surface area contributed by atoms with Gasteiger partial charge in [-0.15, -0.1) is 0 Å². The van der Waals surface area contributed by atoms with E-state index >= 15 is 0 Å². The van der Waals surface area contributed by atoms with Gasteiger partial charge in [0.1, 0.15) is 0 Å². The Kier molecular flexibility index (Phi) is 1.94. The van der Waals surface area contributed by atoms with Gasteiger partial charge in [-0.25, -0.2) is 4.98 Å². The average molecular weight is 196 g/mol. The second-order valence-electron chi connectivity index (χ2n) is 2.39. The van der Waals surface area contributed by atoms with Gasteiger partial charge in [0.2, 0.25) is 0 Å². The lowest BCUT2D eigenvalue weighted by atomic mass is 10.6. The second kappa shape index (κ2) is 3.10. The Balaban J connectivity index is 2.40. The van der Waals surface area contributed by atoms with Gasteiger partial charge in [-0.2, -0.15) is 0 Å². The van der Waals surface area contributed by atoms with Crippen molar-refractivity contribution in [2.24, 2.45) is 0 Å². The van der Waals surface area contributed by atoms with Crippen LogP contribution in [0, 0.1) is 0 Å². The molecule has 0 amide bonds. The molecule has 2 rings (SSSR count). The molecule has 0 atom stereocenters. The minimum atomic E-state index is -1.74. The van der Waals surface area contributed by atoms with Crippen molar-refractivity contribution < 1.29 is 8.98 Å². The lowest BCUT2D eigenvalue weighted by Gasteiger charge is -2.25. The van der Waals surface area contributed by atoms with Crippen LogP contribution in [-0.2, 0) is 8.98 Å². The number of allylic oxidation sites excluding steroid dienone is 2. The van der Waals surface area contributed by atoms with Gasteiger partial charge in [-0.3, -0.25) is 4.79 Å². The molecule has 13 heavy (non-hydrogen) atoms. The molecule has 1 aliphatic heterocycles. The first-order valence-corrected chi connectivity index (χ1v) is 5.35. The Labute approximate surface area is 76.8 Å². The summed E-state index contributed by atoms with van der Waals surface area (Å²) in [6.45, 7) is 0.456. The molecule has 0 spiro atoms. The summed E-state index contributed by atoms with van der Waals surface area (Å²) in [6.07, 6.45) is 7.04. The molecular weight excluding hydrogens is 188 g/mol. The predicted molar refractivity (Wildman–Crippen MR) is 49.9 cm³/mol. The van der Waals surface area contributed by atoms with Gasteiger partial charge in [0.05, 0.1) is 0 Å². The standard InChI is InChI=1S/C8H8N2O2S/c11-7-12-13(5-1-2-6-13)8-9-3-4-10-8/h1-7H,(H,9,10). The SMILES string of the molecule is O=COS1(c2ncc[nH]2)C=CC=C1. The van der Waals surface area contributed by atoms with E-state index in [1.54, 1.807) is 12.4 Å². The molecule has 0 aliphatic carbocycles. The third-order valence-electron chi connectivity index (χ3n) is 1.65. The lowest BCUT2D eigenvalue weighted by Crippen LogP contribution is -1.98. The summed E-state index contributed by atoms with van der Waals surface area (Å²) < 4.78 is 5.07. The third kappa shape index (κ3) is 1.27. The molecule has 1 aromatic heterocycles. The number of aromatic nitrogens is 2. The Morgan fingerprint density at radius 2 is 2.23 bits per heavy atom. The highest BCUT2D eigenvalue weighted by Crippen LogP contribution is 2.59. The summed E-state index contributed by atoms with van der Waals surface area (Å²) >= 11 is 0. The number of rotatable bonds is 3. The summed E-state index contributed by atoms with van der Waals surface area (Å²) in [4.78, 5) is 17.4. The molecule has 0 bridgehead atoms. The maximum absolute atomic E-state index is 10.4. The molecule has 2 heterocycles. The summed E-state index contributed by atoms with van der Waals surface area (Å²) in [5.74, 6) is 0. The Bertz CT molecular complexity index is 344. The Morgan fingerprint density at radius 1 is 1.46 bits per heavy atom. The number of carbonyl (C=O) groups excluding carboxylic acids is 1. The molecule has 0 saturated carbocycles. The van der Waals surface area contributed by atoms with Gasteiger partial charge in [-0.1, -0.05) is 12.2 Å². The quantitative estimate of drug-likeness (QED) is 0.748. The number of nitrogens with zero attached hydrogens (tertiary/aromatic N) is 1. The maximum Gasteiger partial charge on any atom is 0.304 e. The zero-order valence-corrected chi connectivity index (χ0v) is 7.53. The van der Waals surface area contributed by atoms with Crippen LogP contribution >= 0.6 is 10.3 Å². The van der Waals surface area contributed by atoms with Gasteiger partial charge in [0, 0.05) is 22.7 Å². The molecule has 1 aliphatic rings. The van der Waals surface area contributed by atoms with Crippen LogP contribution in [0.15, 0.2) is 40.5 Å². The molecule has 1 aromatic rings. The van der Waals surface area contributed by atoms with Crippen molar-refractivity contribution >= 4 is 16.8 Å². The highest BCUT2D eigenvalue weighted by Gasteiger charge is 2.26. The first-order chi connectivity index (χ1) is 6.37. The smallest absolute Gasteiger partial charge is 0.304 e. The van der Waals surface area contributed by atoms with E-state index in [1.165, 1.54) is 0 Å². The minimum Gasteiger partial charge on any atom is -0.402 e. The third-order valence-corrected chi connectivity index (χ3v) is 3.99. The van der Waals surface area contributed by atoms with Gasteiger partial charge in [-0.05, 0) is 10.8 Å².